The molecule has 0 saturated heterocycles. The average Bonchev–Trinajstić information content (AvgIpc) is 3.09. The van der Waals surface area contributed by atoms with Crippen molar-refractivity contribution in [2.45, 2.75) is 46.4 Å². The van der Waals surface area contributed by atoms with E-state index in [1.54, 1.807) is 0 Å². The maximum Gasteiger partial charge on any atom is 0.191 e. The lowest BCUT2D eigenvalue weighted by Gasteiger charge is -2.15. The second kappa shape index (κ2) is 12.0. The van der Waals surface area contributed by atoms with E-state index in [9.17, 15) is 0 Å². The molecule has 1 aromatic heterocycles. The van der Waals surface area contributed by atoms with E-state index in [-0.39, 0.29) is 30.1 Å². The lowest BCUT2D eigenvalue weighted by atomic mass is 10.1. The minimum Gasteiger partial charge on any atom is -0.494 e. The molecule has 1 unspecified atom stereocenters. The van der Waals surface area contributed by atoms with Gasteiger partial charge in [0.25, 0.3) is 0 Å². The minimum absolute atomic E-state index is 0. The van der Waals surface area contributed by atoms with Crippen LogP contribution in [0.1, 0.15) is 37.6 Å². The highest BCUT2D eigenvalue weighted by Gasteiger charge is 2.21. The molecule has 0 radical (unpaired) electrons. The first kappa shape index (κ1) is 25.0. The molecule has 170 valence electrons. The van der Waals surface area contributed by atoms with Crippen molar-refractivity contribution in [3.8, 4) is 11.5 Å². The van der Waals surface area contributed by atoms with Crippen molar-refractivity contribution in [2.24, 2.45) is 4.99 Å². The van der Waals surface area contributed by atoms with E-state index in [1.165, 1.54) is 5.56 Å². The Balaban J connectivity index is 0.00000341. The number of aliphatic imine (C=N–C) groups is 1. The van der Waals surface area contributed by atoms with Gasteiger partial charge < -0.3 is 25.0 Å². The summed E-state index contributed by atoms with van der Waals surface area (Å²) in [6.45, 7) is 8.64. The number of anilines is 1. The molecule has 0 bridgehead atoms. The first-order valence-corrected chi connectivity index (χ1v) is 10.6. The van der Waals surface area contributed by atoms with Crippen molar-refractivity contribution in [3.05, 3.63) is 47.2 Å². The summed E-state index contributed by atoms with van der Waals surface area (Å²) in [7, 11) is 3.98. The van der Waals surface area contributed by atoms with Crippen LogP contribution in [-0.2, 0) is 19.5 Å². The fourth-order valence-electron chi connectivity index (χ4n) is 3.39. The highest BCUT2D eigenvalue weighted by Crippen LogP contribution is 2.35. The van der Waals surface area contributed by atoms with Gasteiger partial charge in [-0.05, 0) is 45.0 Å². The number of benzene rings is 1. The van der Waals surface area contributed by atoms with Crippen LogP contribution in [0.2, 0.25) is 0 Å². The van der Waals surface area contributed by atoms with Crippen LogP contribution in [-0.4, -0.2) is 44.3 Å². The Morgan fingerprint density at radius 2 is 2.06 bits per heavy atom. The summed E-state index contributed by atoms with van der Waals surface area (Å²) in [4.78, 5) is 11.4. The Hall–Kier alpha value is -2.23. The third kappa shape index (κ3) is 6.88. The van der Waals surface area contributed by atoms with E-state index in [0.29, 0.717) is 19.7 Å². The number of nitrogens with one attached hydrogen (secondary N) is 2. The summed E-state index contributed by atoms with van der Waals surface area (Å²) in [6.07, 6.45) is 1.12. The molecule has 0 spiro atoms. The number of nitrogens with zero attached hydrogens (tertiary/aromatic N) is 3. The quantitative estimate of drug-likeness (QED) is 0.303. The summed E-state index contributed by atoms with van der Waals surface area (Å²) < 4.78 is 11.8. The number of hydrogen-bond donors (Lipinski definition) is 2. The molecule has 3 rings (SSSR count). The molecule has 0 aliphatic carbocycles. The van der Waals surface area contributed by atoms with Gasteiger partial charge in [0.15, 0.2) is 5.96 Å². The summed E-state index contributed by atoms with van der Waals surface area (Å²) in [5, 5.41) is 6.67. The SMILES string of the molecule is CCNC(=NCc1cc2c(cc1OCC)CC(C)O2)NCc1cccc(N(C)C)n1.I. The summed E-state index contributed by atoms with van der Waals surface area (Å²) in [6, 6.07) is 10.2. The number of pyridine rings is 1. The molecular weight excluding hydrogens is 505 g/mol. The summed E-state index contributed by atoms with van der Waals surface area (Å²) in [5.41, 5.74) is 3.19. The van der Waals surface area contributed by atoms with Gasteiger partial charge in [0.05, 0.1) is 25.4 Å². The number of halogens is 1. The van der Waals surface area contributed by atoms with Crippen LogP contribution in [0.15, 0.2) is 35.3 Å². The van der Waals surface area contributed by atoms with Crippen LogP contribution < -0.4 is 25.0 Å². The molecule has 0 amide bonds. The Labute approximate surface area is 202 Å². The molecule has 0 fully saturated rings. The van der Waals surface area contributed by atoms with Crippen LogP contribution >= 0.6 is 24.0 Å². The number of ether oxygens (including phenoxy) is 2. The Morgan fingerprint density at radius 1 is 1.26 bits per heavy atom. The van der Waals surface area contributed by atoms with E-state index >= 15 is 0 Å². The molecule has 2 heterocycles. The van der Waals surface area contributed by atoms with Gasteiger partial charge >= 0.3 is 0 Å². The average molecular weight is 539 g/mol. The third-order valence-electron chi connectivity index (χ3n) is 4.82. The normalized spacial score (nSPS) is 14.9. The zero-order chi connectivity index (χ0) is 21.5. The molecule has 2 N–H and O–H groups in total. The predicted molar refractivity (Wildman–Crippen MR) is 137 cm³/mol. The molecular formula is C23H34IN5O2. The first-order valence-electron chi connectivity index (χ1n) is 10.6. The van der Waals surface area contributed by atoms with E-state index < -0.39 is 0 Å². The van der Waals surface area contributed by atoms with Gasteiger partial charge in [0.2, 0.25) is 0 Å². The second-order valence-corrected chi connectivity index (χ2v) is 7.56. The molecule has 1 aliphatic heterocycles. The van der Waals surface area contributed by atoms with E-state index in [2.05, 4.69) is 41.6 Å². The molecule has 31 heavy (non-hydrogen) atoms. The predicted octanol–water partition coefficient (Wildman–Crippen LogP) is 3.74. The molecule has 1 atom stereocenters. The molecule has 1 aliphatic rings. The lowest BCUT2D eigenvalue weighted by molar-refractivity contribution is 0.254. The van der Waals surface area contributed by atoms with Gasteiger partial charge in [-0.15, -0.1) is 24.0 Å². The Kier molecular flexibility index (Phi) is 9.67. The van der Waals surface area contributed by atoms with Crippen LogP contribution in [0.5, 0.6) is 11.5 Å². The first-order chi connectivity index (χ1) is 14.5. The van der Waals surface area contributed by atoms with Gasteiger partial charge in [-0.1, -0.05) is 6.07 Å². The number of hydrogen-bond acceptors (Lipinski definition) is 5. The molecule has 0 saturated carbocycles. The number of aromatic nitrogens is 1. The van der Waals surface area contributed by atoms with Gasteiger partial charge in [0.1, 0.15) is 23.4 Å². The molecule has 8 heteroatoms. The standard InChI is InChI=1S/C23H33N5O2.HI/c1-6-24-23(26-15-19-9-8-10-22(27-19)28(4)5)25-14-18-13-21-17(11-16(3)30-21)12-20(18)29-7-2;/h8-10,12-13,16H,6-7,11,14-15H2,1-5H3,(H2,24,25,26);1H. The molecule has 2 aromatic rings. The zero-order valence-electron chi connectivity index (χ0n) is 19.1. The van der Waals surface area contributed by atoms with Gasteiger partial charge in [0, 0.05) is 38.2 Å². The van der Waals surface area contributed by atoms with E-state index in [4.69, 9.17) is 14.5 Å². The van der Waals surface area contributed by atoms with Crippen LogP contribution in [0.25, 0.3) is 0 Å². The highest BCUT2D eigenvalue weighted by molar-refractivity contribution is 14.0. The molecule has 1 aromatic carbocycles. The molecule has 7 nitrogen and oxygen atoms in total. The summed E-state index contributed by atoms with van der Waals surface area (Å²) in [5.74, 6) is 3.50. The highest BCUT2D eigenvalue weighted by atomic mass is 127. The van der Waals surface area contributed by atoms with Crippen molar-refractivity contribution in [3.63, 3.8) is 0 Å². The van der Waals surface area contributed by atoms with Crippen molar-refractivity contribution in [1.29, 1.82) is 0 Å². The van der Waals surface area contributed by atoms with Crippen LogP contribution in [0.3, 0.4) is 0 Å². The van der Waals surface area contributed by atoms with Gasteiger partial charge in [-0.2, -0.15) is 0 Å². The number of fused-ring (bicyclic) bond motifs is 1. The van der Waals surface area contributed by atoms with Crippen molar-refractivity contribution in [2.75, 3.05) is 32.1 Å². The van der Waals surface area contributed by atoms with Gasteiger partial charge in [-0.3, -0.25) is 0 Å². The van der Waals surface area contributed by atoms with Gasteiger partial charge in [-0.25, -0.2) is 9.98 Å². The van der Waals surface area contributed by atoms with E-state index in [0.717, 1.165) is 47.5 Å². The topological polar surface area (TPSA) is 71.0 Å². The fourth-order valence-corrected chi connectivity index (χ4v) is 3.39. The largest absolute Gasteiger partial charge is 0.494 e. The van der Waals surface area contributed by atoms with Crippen LogP contribution in [0.4, 0.5) is 5.82 Å². The third-order valence-corrected chi connectivity index (χ3v) is 4.82. The lowest BCUT2D eigenvalue weighted by Crippen LogP contribution is -2.37. The van der Waals surface area contributed by atoms with E-state index in [1.807, 2.05) is 44.1 Å². The summed E-state index contributed by atoms with van der Waals surface area (Å²) >= 11 is 0. The smallest absolute Gasteiger partial charge is 0.191 e. The zero-order valence-corrected chi connectivity index (χ0v) is 21.4. The maximum atomic E-state index is 5.92. The van der Waals surface area contributed by atoms with Crippen molar-refractivity contribution >= 4 is 35.8 Å². The fraction of sp³-hybridized carbons (Fsp3) is 0.478. The maximum absolute atomic E-state index is 5.92. The van der Waals surface area contributed by atoms with Crippen molar-refractivity contribution < 1.29 is 9.47 Å². The second-order valence-electron chi connectivity index (χ2n) is 7.56. The van der Waals surface area contributed by atoms with Crippen LogP contribution in [0, 0.1) is 0 Å². The number of rotatable bonds is 8. The number of guanidine groups is 1. The Bertz CT molecular complexity index is 888. The minimum atomic E-state index is 0. The van der Waals surface area contributed by atoms with Crippen molar-refractivity contribution in [1.82, 2.24) is 15.6 Å². The monoisotopic (exact) mass is 539 g/mol. The Morgan fingerprint density at radius 3 is 2.77 bits per heavy atom.